The number of ether oxygens (including phenoxy) is 1. The standard InChI is InChI=1S/C15H23NO/c1-3-4-7-12(2)16-11-14-10-13-8-5-6-9-15(13)17-14/h5-6,8-9,12,14,16H,3-4,7,10-11H2,1-2H3. The number of hydrogen-bond donors (Lipinski definition) is 1. The van der Waals surface area contributed by atoms with Crippen LogP contribution in [0.4, 0.5) is 0 Å². The van der Waals surface area contributed by atoms with Crippen molar-refractivity contribution in [3.05, 3.63) is 29.8 Å². The number of fused-ring (bicyclic) bond motifs is 1. The van der Waals surface area contributed by atoms with Crippen LogP contribution in [0.2, 0.25) is 0 Å². The van der Waals surface area contributed by atoms with Crippen LogP contribution in [0.5, 0.6) is 5.75 Å². The number of rotatable bonds is 6. The third kappa shape index (κ3) is 3.47. The van der Waals surface area contributed by atoms with Crippen LogP contribution in [-0.4, -0.2) is 18.7 Å². The van der Waals surface area contributed by atoms with Gasteiger partial charge < -0.3 is 10.1 Å². The summed E-state index contributed by atoms with van der Waals surface area (Å²) in [5.41, 5.74) is 1.35. The highest BCUT2D eigenvalue weighted by Crippen LogP contribution is 2.27. The fourth-order valence-electron chi connectivity index (χ4n) is 2.31. The van der Waals surface area contributed by atoms with E-state index in [0.717, 1.165) is 18.7 Å². The molecule has 1 heterocycles. The molecule has 2 atom stereocenters. The summed E-state index contributed by atoms with van der Waals surface area (Å²) >= 11 is 0. The summed E-state index contributed by atoms with van der Waals surface area (Å²) in [4.78, 5) is 0. The van der Waals surface area contributed by atoms with E-state index >= 15 is 0 Å². The van der Waals surface area contributed by atoms with E-state index in [1.165, 1.54) is 24.8 Å². The number of nitrogens with one attached hydrogen (secondary N) is 1. The van der Waals surface area contributed by atoms with Crippen LogP contribution in [-0.2, 0) is 6.42 Å². The van der Waals surface area contributed by atoms with Crippen LogP contribution >= 0.6 is 0 Å². The van der Waals surface area contributed by atoms with Gasteiger partial charge in [-0.2, -0.15) is 0 Å². The van der Waals surface area contributed by atoms with Gasteiger partial charge in [0, 0.05) is 19.0 Å². The second kappa shape index (κ2) is 6.06. The second-order valence-corrected chi connectivity index (χ2v) is 5.00. The van der Waals surface area contributed by atoms with E-state index in [9.17, 15) is 0 Å². The van der Waals surface area contributed by atoms with Crippen molar-refractivity contribution in [3.8, 4) is 5.75 Å². The molecular formula is C15H23NO. The molecule has 0 amide bonds. The van der Waals surface area contributed by atoms with Crippen LogP contribution in [0.25, 0.3) is 0 Å². The summed E-state index contributed by atoms with van der Waals surface area (Å²) in [6.45, 7) is 5.46. The fraction of sp³-hybridized carbons (Fsp3) is 0.600. The molecule has 1 aliphatic rings. The number of benzene rings is 1. The molecule has 0 aromatic heterocycles. The Labute approximate surface area is 104 Å². The Balaban J connectivity index is 1.73. The van der Waals surface area contributed by atoms with Crippen molar-refractivity contribution >= 4 is 0 Å². The topological polar surface area (TPSA) is 21.3 Å². The normalized spacial score (nSPS) is 19.8. The molecule has 0 bridgehead atoms. The van der Waals surface area contributed by atoms with Gasteiger partial charge in [0.25, 0.3) is 0 Å². The molecule has 2 rings (SSSR count). The zero-order valence-corrected chi connectivity index (χ0v) is 10.9. The van der Waals surface area contributed by atoms with Crippen LogP contribution in [0.3, 0.4) is 0 Å². The van der Waals surface area contributed by atoms with Gasteiger partial charge in [0.1, 0.15) is 11.9 Å². The third-order valence-electron chi connectivity index (χ3n) is 3.40. The molecule has 0 radical (unpaired) electrons. The van der Waals surface area contributed by atoms with Crippen molar-refractivity contribution in [2.75, 3.05) is 6.54 Å². The lowest BCUT2D eigenvalue weighted by atomic mass is 10.1. The summed E-state index contributed by atoms with van der Waals surface area (Å²) in [7, 11) is 0. The molecule has 17 heavy (non-hydrogen) atoms. The van der Waals surface area contributed by atoms with Crippen LogP contribution < -0.4 is 10.1 Å². The van der Waals surface area contributed by atoms with E-state index in [2.05, 4.69) is 37.4 Å². The summed E-state index contributed by atoms with van der Waals surface area (Å²) < 4.78 is 5.90. The molecular weight excluding hydrogens is 210 g/mol. The molecule has 0 saturated carbocycles. The molecule has 1 aromatic rings. The average molecular weight is 233 g/mol. The smallest absolute Gasteiger partial charge is 0.123 e. The van der Waals surface area contributed by atoms with Crippen molar-refractivity contribution in [2.45, 2.75) is 51.7 Å². The maximum absolute atomic E-state index is 5.90. The lowest BCUT2D eigenvalue weighted by Crippen LogP contribution is -2.35. The highest BCUT2D eigenvalue weighted by Gasteiger charge is 2.22. The highest BCUT2D eigenvalue weighted by atomic mass is 16.5. The summed E-state index contributed by atoms with van der Waals surface area (Å²) in [6, 6.07) is 8.95. The Bertz CT molecular complexity index is 326. The van der Waals surface area contributed by atoms with Gasteiger partial charge in [0.05, 0.1) is 0 Å². The van der Waals surface area contributed by atoms with Gasteiger partial charge in [-0.3, -0.25) is 0 Å². The molecule has 1 aliphatic heterocycles. The summed E-state index contributed by atoms with van der Waals surface area (Å²) in [5.74, 6) is 1.07. The van der Waals surface area contributed by atoms with Crippen molar-refractivity contribution in [3.63, 3.8) is 0 Å². The Hall–Kier alpha value is -1.02. The van der Waals surface area contributed by atoms with Gasteiger partial charge in [0.2, 0.25) is 0 Å². The van der Waals surface area contributed by atoms with Crippen molar-refractivity contribution < 1.29 is 4.74 Å². The van der Waals surface area contributed by atoms with Crippen LogP contribution in [0.15, 0.2) is 24.3 Å². The minimum absolute atomic E-state index is 0.316. The maximum Gasteiger partial charge on any atom is 0.123 e. The average Bonchev–Trinajstić information content (AvgIpc) is 2.76. The molecule has 0 fully saturated rings. The van der Waals surface area contributed by atoms with E-state index < -0.39 is 0 Å². The maximum atomic E-state index is 5.90. The Morgan fingerprint density at radius 2 is 2.24 bits per heavy atom. The Kier molecular flexibility index (Phi) is 4.43. The predicted octanol–water partition coefficient (Wildman–Crippen LogP) is 3.16. The molecule has 94 valence electrons. The van der Waals surface area contributed by atoms with Crippen molar-refractivity contribution in [1.29, 1.82) is 0 Å². The first kappa shape index (κ1) is 12.4. The molecule has 2 nitrogen and oxygen atoms in total. The number of unbranched alkanes of at least 4 members (excludes halogenated alkanes) is 1. The predicted molar refractivity (Wildman–Crippen MR) is 71.6 cm³/mol. The summed E-state index contributed by atoms with van der Waals surface area (Å²) in [6.07, 6.45) is 5.20. The third-order valence-corrected chi connectivity index (χ3v) is 3.40. The second-order valence-electron chi connectivity index (χ2n) is 5.00. The molecule has 0 aliphatic carbocycles. The Morgan fingerprint density at radius 1 is 1.41 bits per heavy atom. The van der Waals surface area contributed by atoms with Crippen LogP contribution in [0.1, 0.15) is 38.7 Å². The van der Waals surface area contributed by atoms with Crippen LogP contribution in [0, 0.1) is 0 Å². The molecule has 0 saturated heterocycles. The first-order valence-electron chi connectivity index (χ1n) is 6.77. The fourth-order valence-corrected chi connectivity index (χ4v) is 2.31. The zero-order valence-electron chi connectivity index (χ0n) is 10.9. The summed E-state index contributed by atoms with van der Waals surface area (Å²) in [5, 5.41) is 3.57. The van der Waals surface area contributed by atoms with Gasteiger partial charge in [-0.25, -0.2) is 0 Å². The van der Waals surface area contributed by atoms with E-state index in [0.29, 0.717) is 12.1 Å². The quantitative estimate of drug-likeness (QED) is 0.815. The molecule has 2 heteroatoms. The first-order chi connectivity index (χ1) is 8.29. The SMILES string of the molecule is CCCCC(C)NCC1Cc2ccccc2O1. The van der Waals surface area contributed by atoms with Gasteiger partial charge >= 0.3 is 0 Å². The van der Waals surface area contributed by atoms with Gasteiger partial charge in [-0.1, -0.05) is 38.0 Å². The van der Waals surface area contributed by atoms with Gasteiger partial charge in [-0.15, -0.1) is 0 Å². The lowest BCUT2D eigenvalue weighted by Gasteiger charge is -2.17. The van der Waals surface area contributed by atoms with E-state index in [-0.39, 0.29) is 0 Å². The molecule has 2 unspecified atom stereocenters. The molecule has 0 spiro atoms. The number of hydrogen-bond acceptors (Lipinski definition) is 2. The van der Waals surface area contributed by atoms with Gasteiger partial charge in [-0.05, 0) is 25.0 Å². The zero-order chi connectivity index (χ0) is 12.1. The molecule has 1 N–H and O–H groups in total. The lowest BCUT2D eigenvalue weighted by molar-refractivity contribution is 0.221. The van der Waals surface area contributed by atoms with E-state index in [4.69, 9.17) is 4.74 Å². The van der Waals surface area contributed by atoms with Gasteiger partial charge in [0.15, 0.2) is 0 Å². The largest absolute Gasteiger partial charge is 0.488 e. The monoisotopic (exact) mass is 233 g/mol. The Morgan fingerprint density at radius 3 is 3.00 bits per heavy atom. The van der Waals surface area contributed by atoms with Crippen molar-refractivity contribution in [2.24, 2.45) is 0 Å². The minimum atomic E-state index is 0.316. The van der Waals surface area contributed by atoms with E-state index in [1.807, 2.05) is 6.07 Å². The van der Waals surface area contributed by atoms with Crippen molar-refractivity contribution in [1.82, 2.24) is 5.32 Å². The highest BCUT2D eigenvalue weighted by molar-refractivity contribution is 5.37. The minimum Gasteiger partial charge on any atom is -0.488 e. The first-order valence-corrected chi connectivity index (χ1v) is 6.77. The van der Waals surface area contributed by atoms with E-state index in [1.54, 1.807) is 0 Å². The number of para-hydroxylation sites is 1. The molecule has 1 aromatic carbocycles.